The summed E-state index contributed by atoms with van der Waals surface area (Å²) in [6.07, 6.45) is 0.713. The molecule has 1 rings (SSSR count). The minimum atomic E-state index is -0.256. The van der Waals surface area contributed by atoms with Gasteiger partial charge in [0, 0.05) is 10.5 Å². The van der Waals surface area contributed by atoms with Crippen LogP contribution in [0.25, 0.3) is 0 Å². The number of hydrogen-bond donors (Lipinski definition) is 1. The zero-order valence-electron chi connectivity index (χ0n) is 10.4. The van der Waals surface area contributed by atoms with Crippen LogP contribution in [0.4, 0.5) is 0 Å². The quantitative estimate of drug-likeness (QED) is 0.849. The first-order chi connectivity index (χ1) is 8.08. The van der Waals surface area contributed by atoms with Crippen molar-refractivity contribution in [3.05, 3.63) is 34.3 Å². The summed E-state index contributed by atoms with van der Waals surface area (Å²) >= 11 is 3.44. The maximum Gasteiger partial charge on any atom is 0.322 e. The van der Waals surface area contributed by atoms with Crippen molar-refractivity contribution in [2.24, 2.45) is 0 Å². The van der Waals surface area contributed by atoms with E-state index in [2.05, 4.69) is 21.2 Å². The van der Waals surface area contributed by atoms with E-state index >= 15 is 0 Å². The third-order valence-corrected chi connectivity index (χ3v) is 3.19. The summed E-state index contributed by atoms with van der Waals surface area (Å²) in [6.45, 7) is 4.00. The molecule has 3 nitrogen and oxygen atoms in total. The molecule has 1 unspecified atom stereocenters. The molecule has 0 aromatic heterocycles. The van der Waals surface area contributed by atoms with E-state index < -0.39 is 0 Å². The highest BCUT2D eigenvalue weighted by Crippen LogP contribution is 2.18. The van der Waals surface area contributed by atoms with Crippen molar-refractivity contribution in [1.82, 2.24) is 5.32 Å². The predicted octanol–water partition coefficient (Wildman–Crippen LogP) is 3.05. The van der Waals surface area contributed by atoms with Crippen LogP contribution in [0.1, 0.15) is 31.9 Å². The molecule has 4 heteroatoms. The Balaban J connectivity index is 2.70. The van der Waals surface area contributed by atoms with E-state index in [4.69, 9.17) is 4.74 Å². The van der Waals surface area contributed by atoms with Crippen LogP contribution < -0.4 is 5.32 Å². The van der Waals surface area contributed by atoms with E-state index in [1.54, 1.807) is 0 Å². The van der Waals surface area contributed by atoms with Gasteiger partial charge in [-0.25, -0.2) is 0 Å². The lowest BCUT2D eigenvalue weighted by Gasteiger charge is -2.20. The lowest BCUT2D eigenvalue weighted by Crippen LogP contribution is -2.38. The second-order valence-electron chi connectivity index (χ2n) is 3.93. The SMILES string of the molecule is CCC(N[C@@H](C)c1cccc(Br)c1)C(=O)OC. The molecule has 0 heterocycles. The van der Waals surface area contributed by atoms with Gasteiger partial charge >= 0.3 is 5.97 Å². The molecule has 0 aliphatic carbocycles. The number of hydrogen-bond acceptors (Lipinski definition) is 3. The van der Waals surface area contributed by atoms with E-state index in [1.165, 1.54) is 7.11 Å². The number of benzene rings is 1. The van der Waals surface area contributed by atoms with Crippen LogP contribution in [-0.2, 0) is 9.53 Å². The standard InChI is InChI=1S/C13H18BrNO2/c1-4-12(13(16)17-3)15-9(2)10-6-5-7-11(14)8-10/h5-9,12,15H,4H2,1-3H3/t9-,12?/m0/s1. The molecule has 0 saturated heterocycles. The van der Waals surface area contributed by atoms with Gasteiger partial charge in [-0.05, 0) is 31.0 Å². The Hall–Kier alpha value is -0.870. The molecule has 0 spiro atoms. The number of methoxy groups -OCH3 is 1. The summed E-state index contributed by atoms with van der Waals surface area (Å²) in [5.74, 6) is -0.214. The second-order valence-corrected chi connectivity index (χ2v) is 4.84. The third kappa shape index (κ3) is 4.13. The van der Waals surface area contributed by atoms with Crippen LogP contribution in [0, 0.1) is 0 Å². The van der Waals surface area contributed by atoms with Gasteiger partial charge in [-0.15, -0.1) is 0 Å². The molecule has 1 aromatic carbocycles. The van der Waals surface area contributed by atoms with E-state index in [0.29, 0.717) is 6.42 Å². The number of esters is 1. The maximum absolute atomic E-state index is 11.5. The van der Waals surface area contributed by atoms with Crippen molar-refractivity contribution in [2.75, 3.05) is 7.11 Å². The van der Waals surface area contributed by atoms with E-state index in [9.17, 15) is 4.79 Å². The van der Waals surface area contributed by atoms with Crippen LogP contribution >= 0.6 is 15.9 Å². The fourth-order valence-electron chi connectivity index (χ4n) is 1.67. The monoisotopic (exact) mass is 299 g/mol. The summed E-state index contributed by atoms with van der Waals surface area (Å²) in [6, 6.07) is 7.89. The summed E-state index contributed by atoms with van der Waals surface area (Å²) < 4.78 is 5.79. The number of ether oxygens (including phenoxy) is 1. The molecule has 2 atom stereocenters. The molecule has 0 bridgehead atoms. The van der Waals surface area contributed by atoms with Crippen molar-refractivity contribution >= 4 is 21.9 Å². The average molecular weight is 300 g/mol. The van der Waals surface area contributed by atoms with Crippen LogP contribution in [0.5, 0.6) is 0 Å². The minimum Gasteiger partial charge on any atom is -0.468 e. The Labute approximate surface area is 111 Å². The Morgan fingerprint density at radius 3 is 2.76 bits per heavy atom. The Morgan fingerprint density at radius 2 is 2.24 bits per heavy atom. The lowest BCUT2D eigenvalue weighted by molar-refractivity contribution is -0.143. The summed E-state index contributed by atoms with van der Waals surface area (Å²) in [5.41, 5.74) is 1.14. The van der Waals surface area contributed by atoms with Crippen molar-refractivity contribution in [3.8, 4) is 0 Å². The van der Waals surface area contributed by atoms with Gasteiger partial charge in [-0.3, -0.25) is 10.1 Å². The van der Waals surface area contributed by atoms with Crippen molar-refractivity contribution in [1.29, 1.82) is 0 Å². The molecule has 1 N–H and O–H groups in total. The molecule has 0 fully saturated rings. The van der Waals surface area contributed by atoms with Crippen molar-refractivity contribution in [2.45, 2.75) is 32.4 Å². The Kier molecular flexibility index (Phi) is 5.65. The first-order valence-corrected chi connectivity index (χ1v) is 6.47. The molecule has 94 valence electrons. The van der Waals surface area contributed by atoms with Crippen LogP contribution in [-0.4, -0.2) is 19.1 Å². The highest BCUT2D eigenvalue weighted by molar-refractivity contribution is 9.10. The molecular formula is C13H18BrNO2. The highest BCUT2D eigenvalue weighted by Gasteiger charge is 2.19. The third-order valence-electron chi connectivity index (χ3n) is 2.69. The maximum atomic E-state index is 11.5. The number of carbonyl (C=O) groups is 1. The van der Waals surface area contributed by atoms with Crippen molar-refractivity contribution < 1.29 is 9.53 Å². The average Bonchev–Trinajstić information content (AvgIpc) is 2.34. The first-order valence-electron chi connectivity index (χ1n) is 5.67. The molecule has 0 saturated carbocycles. The number of rotatable bonds is 5. The fraction of sp³-hybridized carbons (Fsp3) is 0.462. The highest BCUT2D eigenvalue weighted by atomic mass is 79.9. The van der Waals surface area contributed by atoms with Gasteiger partial charge in [-0.1, -0.05) is 35.0 Å². The number of halogens is 1. The fourth-order valence-corrected chi connectivity index (χ4v) is 2.09. The lowest BCUT2D eigenvalue weighted by atomic mass is 10.1. The zero-order valence-corrected chi connectivity index (χ0v) is 12.0. The predicted molar refractivity (Wildman–Crippen MR) is 71.8 cm³/mol. The molecule has 0 amide bonds. The summed E-state index contributed by atoms with van der Waals surface area (Å²) in [4.78, 5) is 11.5. The molecule has 1 aromatic rings. The molecule has 17 heavy (non-hydrogen) atoms. The zero-order chi connectivity index (χ0) is 12.8. The Morgan fingerprint density at radius 1 is 1.53 bits per heavy atom. The van der Waals surface area contributed by atoms with Crippen molar-refractivity contribution in [3.63, 3.8) is 0 Å². The van der Waals surface area contributed by atoms with E-state index in [-0.39, 0.29) is 18.1 Å². The van der Waals surface area contributed by atoms with Gasteiger partial charge in [0.05, 0.1) is 7.11 Å². The van der Waals surface area contributed by atoms with Gasteiger partial charge in [-0.2, -0.15) is 0 Å². The minimum absolute atomic E-state index is 0.108. The van der Waals surface area contributed by atoms with Crippen LogP contribution in [0.3, 0.4) is 0 Å². The van der Waals surface area contributed by atoms with E-state index in [1.807, 2.05) is 38.1 Å². The normalized spacial score (nSPS) is 14.1. The largest absolute Gasteiger partial charge is 0.468 e. The van der Waals surface area contributed by atoms with Crippen LogP contribution in [0.2, 0.25) is 0 Å². The van der Waals surface area contributed by atoms with Gasteiger partial charge in [0.2, 0.25) is 0 Å². The van der Waals surface area contributed by atoms with Crippen LogP contribution in [0.15, 0.2) is 28.7 Å². The summed E-state index contributed by atoms with van der Waals surface area (Å²) in [7, 11) is 1.41. The number of nitrogens with one attached hydrogen (secondary N) is 1. The topological polar surface area (TPSA) is 38.3 Å². The van der Waals surface area contributed by atoms with Gasteiger partial charge < -0.3 is 4.74 Å². The molecule has 0 radical (unpaired) electrons. The van der Waals surface area contributed by atoms with Gasteiger partial charge in [0.1, 0.15) is 6.04 Å². The molecular weight excluding hydrogens is 282 g/mol. The number of carbonyl (C=O) groups excluding carboxylic acids is 1. The molecule has 0 aliphatic heterocycles. The first kappa shape index (κ1) is 14.2. The smallest absolute Gasteiger partial charge is 0.322 e. The molecule has 0 aliphatic rings. The second kappa shape index (κ2) is 6.77. The summed E-state index contributed by atoms with van der Waals surface area (Å²) in [5, 5.41) is 3.27. The van der Waals surface area contributed by atoms with Gasteiger partial charge in [0.25, 0.3) is 0 Å². The van der Waals surface area contributed by atoms with Gasteiger partial charge in [0.15, 0.2) is 0 Å². The van der Waals surface area contributed by atoms with E-state index in [0.717, 1.165) is 10.0 Å². The Bertz CT molecular complexity index is 381.